The van der Waals surface area contributed by atoms with Crippen LogP contribution < -0.4 is 0 Å². The van der Waals surface area contributed by atoms with Gasteiger partial charge < -0.3 is 10.2 Å². The van der Waals surface area contributed by atoms with Crippen LogP contribution in [0.5, 0.6) is 11.5 Å². The topological polar surface area (TPSA) is 143 Å². The van der Waals surface area contributed by atoms with Crippen molar-refractivity contribution in [2.75, 3.05) is 0 Å². The third kappa shape index (κ3) is 6.95. The van der Waals surface area contributed by atoms with Gasteiger partial charge in [-0.1, -0.05) is 54.6 Å². The Hall–Kier alpha value is -4.45. The van der Waals surface area contributed by atoms with Crippen molar-refractivity contribution in [3.8, 4) is 11.5 Å². The lowest BCUT2D eigenvalue weighted by atomic mass is 10.2. The molecule has 0 aromatic heterocycles. The van der Waals surface area contributed by atoms with Crippen LogP contribution in [0.1, 0.15) is 22.3 Å². The van der Waals surface area contributed by atoms with Gasteiger partial charge in [0.1, 0.15) is 21.3 Å². The first-order valence-corrected chi connectivity index (χ1v) is 18.1. The van der Waals surface area contributed by atoms with Gasteiger partial charge in [-0.25, -0.2) is 25.3 Å². The van der Waals surface area contributed by atoms with E-state index in [1.807, 2.05) is 6.07 Å². The summed E-state index contributed by atoms with van der Waals surface area (Å²) in [5, 5.41) is 19.8. The van der Waals surface area contributed by atoms with E-state index in [1.165, 1.54) is 36.4 Å². The molecule has 0 atom stereocenters. The minimum atomic E-state index is -4.12. The van der Waals surface area contributed by atoms with Crippen molar-refractivity contribution >= 4 is 29.5 Å². The van der Waals surface area contributed by atoms with Gasteiger partial charge in [-0.2, -0.15) is 0 Å². The van der Waals surface area contributed by atoms with E-state index < -0.39 is 40.2 Å². The fourth-order valence-corrected chi connectivity index (χ4v) is 9.27. The van der Waals surface area contributed by atoms with Crippen molar-refractivity contribution in [3.63, 3.8) is 0 Å². The standard InChI is InChI=1S/C22H22O5S2.C12H10O3S/c1-14-5-7-16(3)20(11-14)28(24,25)18-9-10-19(23)22(13-18)29(26,27)21-12-15(2)6-8-17(21)4;13-11-8-4-5-9-12(11)16(14,15)10-6-2-1-3-7-10/h5-13,23H,1-4H3;1-9,13H. The number of phenolic OH excluding ortho intramolecular Hbond substituents is 2. The molecule has 0 fully saturated rings. The van der Waals surface area contributed by atoms with Gasteiger partial charge in [0.15, 0.2) is 0 Å². The monoisotopic (exact) mass is 664 g/mol. The lowest BCUT2D eigenvalue weighted by Gasteiger charge is -2.13. The average Bonchev–Trinajstić information content (AvgIpc) is 3.00. The van der Waals surface area contributed by atoms with Gasteiger partial charge in [-0.3, -0.25) is 0 Å². The highest BCUT2D eigenvalue weighted by atomic mass is 32.2. The van der Waals surface area contributed by atoms with Crippen LogP contribution in [0.3, 0.4) is 0 Å². The maximum atomic E-state index is 13.2. The van der Waals surface area contributed by atoms with Gasteiger partial charge in [0, 0.05) is 0 Å². The number of aryl methyl sites for hydroxylation is 4. The molecule has 5 aromatic rings. The molecule has 0 radical (unpaired) electrons. The number of hydrogen-bond acceptors (Lipinski definition) is 8. The van der Waals surface area contributed by atoms with Gasteiger partial charge >= 0.3 is 0 Å². The summed E-state index contributed by atoms with van der Waals surface area (Å²) >= 11 is 0. The van der Waals surface area contributed by atoms with E-state index in [2.05, 4.69) is 0 Å². The van der Waals surface area contributed by atoms with Gasteiger partial charge in [-0.05, 0) is 105 Å². The van der Waals surface area contributed by atoms with E-state index in [4.69, 9.17) is 0 Å². The van der Waals surface area contributed by atoms with Gasteiger partial charge in [0.2, 0.25) is 29.5 Å². The first-order valence-electron chi connectivity index (χ1n) is 13.6. The molecule has 0 aliphatic heterocycles. The number of hydrogen-bond donors (Lipinski definition) is 2. The molecule has 0 aliphatic rings. The van der Waals surface area contributed by atoms with E-state index in [0.29, 0.717) is 11.1 Å². The summed E-state index contributed by atoms with van der Waals surface area (Å²) in [6.45, 7) is 6.88. The zero-order chi connectivity index (χ0) is 33.2. The summed E-state index contributed by atoms with van der Waals surface area (Å²) in [4.78, 5) is -0.365. The minimum Gasteiger partial charge on any atom is -0.507 e. The smallest absolute Gasteiger partial charge is 0.210 e. The Kier molecular flexibility index (Phi) is 9.57. The second kappa shape index (κ2) is 12.9. The third-order valence-corrected chi connectivity index (χ3v) is 12.6. The van der Waals surface area contributed by atoms with Crippen LogP contribution in [0.15, 0.2) is 139 Å². The van der Waals surface area contributed by atoms with Crippen LogP contribution in [0, 0.1) is 27.7 Å². The minimum absolute atomic E-state index is 0.0362. The molecule has 8 nitrogen and oxygen atoms in total. The number of aromatic hydroxyl groups is 2. The Morgan fingerprint density at radius 3 is 1.42 bits per heavy atom. The second-order valence-electron chi connectivity index (χ2n) is 10.5. The van der Waals surface area contributed by atoms with Crippen molar-refractivity contribution in [2.24, 2.45) is 0 Å². The SMILES string of the molecule is Cc1ccc(C)c(S(=O)(=O)c2ccc(O)c(S(=O)(=O)c3cc(C)ccc3C)c2)c1.O=S(=O)(c1ccccc1)c1ccccc1O. The molecule has 5 rings (SSSR count). The molecule has 0 aliphatic carbocycles. The Bertz CT molecular complexity index is 2210. The molecule has 2 N–H and O–H groups in total. The number of phenols is 2. The van der Waals surface area contributed by atoms with E-state index in [0.717, 1.165) is 23.3 Å². The van der Waals surface area contributed by atoms with E-state index in [-0.39, 0.29) is 30.2 Å². The van der Waals surface area contributed by atoms with E-state index in [1.54, 1.807) is 82.3 Å². The van der Waals surface area contributed by atoms with Crippen LogP contribution in [0.4, 0.5) is 0 Å². The lowest BCUT2D eigenvalue weighted by Crippen LogP contribution is -2.09. The summed E-state index contributed by atoms with van der Waals surface area (Å²) in [7, 11) is -11.7. The summed E-state index contributed by atoms with van der Waals surface area (Å²) in [5.41, 5.74) is 2.59. The summed E-state index contributed by atoms with van der Waals surface area (Å²) in [6, 6.07) is 27.3. The highest BCUT2D eigenvalue weighted by molar-refractivity contribution is 7.92. The number of benzene rings is 5. The fourth-order valence-electron chi connectivity index (χ4n) is 4.53. The molecule has 0 saturated heterocycles. The average molecular weight is 665 g/mol. The van der Waals surface area contributed by atoms with Crippen LogP contribution in [0.25, 0.3) is 0 Å². The molecular weight excluding hydrogens is 633 g/mol. The predicted molar refractivity (Wildman–Crippen MR) is 171 cm³/mol. The van der Waals surface area contributed by atoms with Crippen LogP contribution in [0.2, 0.25) is 0 Å². The summed E-state index contributed by atoms with van der Waals surface area (Å²) < 4.78 is 77.0. The first kappa shape index (κ1) is 33.4. The van der Waals surface area contributed by atoms with Crippen molar-refractivity contribution in [1.29, 1.82) is 0 Å². The number of rotatable bonds is 6. The normalized spacial score (nSPS) is 11.8. The summed E-state index contributed by atoms with van der Waals surface area (Å²) in [5.74, 6) is -0.725. The first-order chi connectivity index (χ1) is 21.1. The Morgan fingerprint density at radius 2 is 0.867 bits per heavy atom. The molecule has 0 saturated carbocycles. The highest BCUT2D eigenvalue weighted by Gasteiger charge is 2.28. The largest absolute Gasteiger partial charge is 0.507 e. The fraction of sp³-hybridized carbons (Fsp3) is 0.118. The second-order valence-corrected chi connectivity index (χ2v) is 16.2. The van der Waals surface area contributed by atoms with Crippen molar-refractivity contribution < 1.29 is 35.5 Å². The predicted octanol–water partition coefficient (Wildman–Crippen LogP) is 6.52. The van der Waals surface area contributed by atoms with Crippen LogP contribution in [-0.2, 0) is 29.5 Å². The van der Waals surface area contributed by atoms with Gasteiger partial charge in [0.25, 0.3) is 0 Å². The maximum absolute atomic E-state index is 13.2. The quantitative estimate of drug-likeness (QED) is 0.209. The maximum Gasteiger partial charge on any atom is 0.210 e. The molecule has 0 spiro atoms. The zero-order valence-corrected chi connectivity index (χ0v) is 27.4. The van der Waals surface area contributed by atoms with Crippen LogP contribution in [-0.4, -0.2) is 35.5 Å². The molecule has 5 aromatic carbocycles. The van der Waals surface area contributed by atoms with Crippen molar-refractivity contribution in [3.05, 3.63) is 131 Å². The van der Waals surface area contributed by atoms with Crippen LogP contribution >= 0.6 is 0 Å². The molecule has 0 unspecified atom stereocenters. The third-order valence-electron chi connectivity index (χ3n) is 7.01. The lowest BCUT2D eigenvalue weighted by molar-refractivity contribution is 0.457. The Morgan fingerprint density at radius 1 is 0.400 bits per heavy atom. The zero-order valence-electron chi connectivity index (χ0n) is 25.0. The van der Waals surface area contributed by atoms with Gasteiger partial charge in [-0.15, -0.1) is 0 Å². The van der Waals surface area contributed by atoms with Crippen molar-refractivity contribution in [2.45, 2.75) is 57.1 Å². The summed E-state index contributed by atoms with van der Waals surface area (Å²) in [6.07, 6.45) is 0. The number of para-hydroxylation sites is 1. The van der Waals surface area contributed by atoms with Gasteiger partial charge in [0.05, 0.1) is 19.6 Å². The molecular formula is C34H32O8S3. The molecule has 0 amide bonds. The van der Waals surface area contributed by atoms with Crippen molar-refractivity contribution in [1.82, 2.24) is 0 Å². The molecule has 45 heavy (non-hydrogen) atoms. The molecule has 234 valence electrons. The highest BCUT2D eigenvalue weighted by Crippen LogP contribution is 2.35. The molecule has 0 heterocycles. The Balaban J connectivity index is 0.000000242. The van der Waals surface area contributed by atoms with E-state index >= 15 is 0 Å². The Labute approximate surface area is 264 Å². The molecule has 11 heteroatoms. The number of sulfone groups is 3. The molecule has 0 bridgehead atoms. The van der Waals surface area contributed by atoms with E-state index in [9.17, 15) is 35.5 Å².